The molecule has 220 valence electrons. The summed E-state index contributed by atoms with van der Waals surface area (Å²) in [5, 5.41) is 12.3. The number of phenols is 1. The Hall–Kier alpha value is -3.72. The number of rotatable bonds is 5. The zero-order valence-electron chi connectivity index (χ0n) is 24.1. The predicted octanol–water partition coefficient (Wildman–Crippen LogP) is 6.61. The predicted molar refractivity (Wildman–Crippen MR) is 160 cm³/mol. The van der Waals surface area contributed by atoms with Crippen LogP contribution in [0.4, 0.5) is 14.5 Å². The first kappa shape index (κ1) is 27.1. The van der Waals surface area contributed by atoms with Gasteiger partial charge >= 0.3 is 0 Å². The van der Waals surface area contributed by atoms with Gasteiger partial charge in [0.15, 0.2) is 5.82 Å². The fourth-order valence-corrected chi connectivity index (χ4v) is 7.03. The average molecular weight is 575 g/mol. The largest absolute Gasteiger partial charge is 0.508 e. The number of anilines is 1. The third kappa shape index (κ3) is 4.58. The van der Waals surface area contributed by atoms with Crippen LogP contribution in [0.2, 0.25) is 0 Å². The lowest BCUT2D eigenvalue weighted by atomic mass is 9.94. The first-order chi connectivity index (χ1) is 20.4. The molecule has 2 fully saturated rings. The minimum absolute atomic E-state index is 0.0260. The van der Waals surface area contributed by atoms with Crippen molar-refractivity contribution in [3.05, 3.63) is 47.5 Å². The summed E-state index contributed by atoms with van der Waals surface area (Å²) in [5.74, 6) is -0.420. The van der Waals surface area contributed by atoms with Crippen molar-refractivity contribution in [3.63, 3.8) is 0 Å². The number of nitrogens with zero attached hydrogens (tertiary/aromatic N) is 4. The van der Waals surface area contributed by atoms with Crippen molar-refractivity contribution >= 4 is 27.4 Å². The van der Waals surface area contributed by atoms with Crippen molar-refractivity contribution in [1.29, 1.82) is 0 Å². The molecular weight excluding hydrogens is 538 g/mol. The van der Waals surface area contributed by atoms with Crippen LogP contribution in [0.1, 0.15) is 51.0 Å². The van der Waals surface area contributed by atoms with Crippen molar-refractivity contribution in [2.75, 3.05) is 38.3 Å². The number of aromatic hydroxyl groups is 1. The van der Waals surface area contributed by atoms with E-state index in [9.17, 15) is 9.50 Å². The number of hydrogen-bond acceptors (Lipinski definition) is 7. The Bertz CT molecular complexity index is 1680. The third-order valence-corrected chi connectivity index (χ3v) is 9.27. The van der Waals surface area contributed by atoms with E-state index in [1.165, 1.54) is 12.1 Å². The summed E-state index contributed by atoms with van der Waals surface area (Å²) >= 11 is 0. The molecule has 0 bridgehead atoms. The van der Waals surface area contributed by atoms with Gasteiger partial charge in [0, 0.05) is 24.2 Å². The molecule has 2 aromatic carbocycles. The molecule has 7 rings (SSSR count). The maximum absolute atomic E-state index is 16.9. The number of likely N-dealkylation sites (tertiary alicyclic amines) is 1. The van der Waals surface area contributed by atoms with Gasteiger partial charge in [0.2, 0.25) is 11.8 Å². The molecule has 3 aliphatic rings. The highest BCUT2D eigenvalue weighted by Crippen LogP contribution is 2.45. The van der Waals surface area contributed by atoms with Crippen LogP contribution in [0.25, 0.3) is 32.9 Å². The molecule has 9 heteroatoms. The van der Waals surface area contributed by atoms with Crippen LogP contribution in [0.5, 0.6) is 17.5 Å². The lowest BCUT2D eigenvalue weighted by molar-refractivity contribution is 0.193. The van der Waals surface area contributed by atoms with Crippen LogP contribution in [0.3, 0.4) is 0 Å². The van der Waals surface area contributed by atoms with Crippen LogP contribution in [-0.2, 0) is 6.42 Å². The number of aryl methyl sites for hydroxylation is 1. The lowest BCUT2D eigenvalue weighted by Crippen LogP contribution is -2.38. The second-order valence-corrected chi connectivity index (χ2v) is 11.8. The van der Waals surface area contributed by atoms with Crippen LogP contribution in [0.15, 0.2) is 30.3 Å². The number of ether oxygens (including phenoxy) is 2. The van der Waals surface area contributed by atoms with Crippen LogP contribution in [0, 0.1) is 11.6 Å². The molecule has 2 unspecified atom stereocenters. The van der Waals surface area contributed by atoms with Gasteiger partial charge in [0.05, 0.1) is 17.1 Å². The van der Waals surface area contributed by atoms with Crippen LogP contribution in [-0.4, -0.2) is 65.4 Å². The van der Waals surface area contributed by atoms with Gasteiger partial charge in [-0.05, 0) is 80.2 Å². The summed E-state index contributed by atoms with van der Waals surface area (Å²) in [7, 11) is 2.10. The van der Waals surface area contributed by atoms with Gasteiger partial charge in [0.25, 0.3) is 0 Å². The summed E-state index contributed by atoms with van der Waals surface area (Å²) in [4.78, 5) is 14.1. The van der Waals surface area contributed by atoms with Gasteiger partial charge in [-0.15, -0.1) is 0 Å². The molecule has 2 saturated heterocycles. The average Bonchev–Trinajstić information content (AvgIpc) is 3.17. The molecule has 2 aromatic heterocycles. The molecule has 0 spiro atoms. The lowest BCUT2D eigenvalue weighted by Gasteiger charge is -2.30. The number of benzene rings is 2. The molecule has 42 heavy (non-hydrogen) atoms. The zero-order valence-corrected chi connectivity index (χ0v) is 24.1. The summed E-state index contributed by atoms with van der Waals surface area (Å²) < 4.78 is 44.5. The highest BCUT2D eigenvalue weighted by Gasteiger charge is 2.33. The van der Waals surface area contributed by atoms with E-state index < -0.39 is 5.82 Å². The second-order valence-electron chi connectivity index (χ2n) is 11.8. The van der Waals surface area contributed by atoms with Crippen LogP contribution < -0.4 is 14.4 Å². The van der Waals surface area contributed by atoms with Gasteiger partial charge in [-0.3, -0.25) is 0 Å². The number of halogens is 2. The zero-order chi connectivity index (χ0) is 29.0. The van der Waals surface area contributed by atoms with E-state index in [4.69, 9.17) is 19.4 Å². The van der Waals surface area contributed by atoms with Crippen molar-refractivity contribution in [3.8, 4) is 28.8 Å². The fraction of sp³-hybridized carbons (Fsp3) is 0.455. The Kier molecular flexibility index (Phi) is 7.00. The van der Waals surface area contributed by atoms with E-state index >= 15 is 4.39 Å². The highest BCUT2D eigenvalue weighted by molar-refractivity contribution is 6.04. The Labute approximate surface area is 244 Å². The van der Waals surface area contributed by atoms with E-state index in [1.54, 1.807) is 12.1 Å². The number of phenolic OH excluding ortho intramolecular Hbond substituents is 1. The molecule has 7 nitrogen and oxygen atoms in total. The number of likely N-dealkylation sites (N-methyl/N-ethyl adjacent to an activating group) is 1. The fourth-order valence-electron chi connectivity index (χ4n) is 7.03. The number of aromatic nitrogens is 2. The minimum Gasteiger partial charge on any atom is -0.508 e. The molecule has 0 radical (unpaired) electrons. The van der Waals surface area contributed by atoms with Crippen molar-refractivity contribution < 1.29 is 23.4 Å². The topological polar surface area (TPSA) is 71.0 Å². The van der Waals surface area contributed by atoms with E-state index in [0.29, 0.717) is 58.7 Å². The third-order valence-electron chi connectivity index (χ3n) is 9.27. The number of pyridine rings is 2. The first-order valence-electron chi connectivity index (χ1n) is 15.1. The maximum atomic E-state index is 16.9. The number of fused-ring (bicyclic) bond motifs is 3. The highest BCUT2D eigenvalue weighted by atomic mass is 19.1. The Morgan fingerprint density at radius 3 is 2.71 bits per heavy atom. The molecule has 1 N–H and O–H groups in total. The molecular formula is C33H36F2N4O3. The summed E-state index contributed by atoms with van der Waals surface area (Å²) in [6.07, 6.45) is 6.80. The van der Waals surface area contributed by atoms with Gasteiger partial charge in [-0.2, -0.15) is 0 Å². The molecule has 5 heterocycles. The van der Waals surface area contributed by atoms with E-state index in [-0.39, 0.29) is 34.9 Å². The quantitative estimate of drug-likeness (QED) is 0.288. The Morgan fingerprint density at radius 1 is 1.02 bits per heavy atom. The summed E-state index contributed by atoms with van der Waals surface area (Å²) in [5.41, 5.74) is 1.66. The van der Waals surface area contributed by atoms with Gasteiger partial charge in [-0.1, -0.05) is 25.8 Å². The second kappa shape index (κ2) is 10.8. The molecule has 4 aromatic rings. The van der Waals surface area contributed by atoms with E-state index in [1.807, 2.05) is 13.0 Å². The normalized spacial score (nSPS) is 20.8. The summed E-state index contributed by atoms with van der Waals surface area (Å²) in [6.45, 7) is 4.60. The smallest absolute Gasteiger partial charge is 0.225 e. The van der Waals surface area contributed by atoms with Crippen LogP contribution >= 0.6 is 0 Å². The van der Waals surface area contributed by atoms with E-state index in [0.717, 1.165) is 57.3 Å². The maximum Gasteiger partial charge on any atom is 0.225 e. The van der Waals surface area contributed by atoms with Gasteiger partial charge < -0.3 is 24.4 Å². The Morgan fingerprint density at radius 2 is 1.90 bits per heavy atom. The molecule has 3 aliphatic heterocycles. The van der Waals surface area contributed by atoms with E-state index in [2.05, 4.69) is 16.8 Å². The van der Waals surface area contributed by atoms with Crippen molar-refractivity contribution in [1.82, 2.24) is 14.9 Å². The minimum atomic E-state index is -0.645. The standard InChI is InChI=1S/C33H36F2N4O3/c1-3-23-25(34)11-10-19-14-22(40)15-24(28(19)23)31-30(35)32-29-26(16-27(36-32)41-17-20-9-7-12-38(20)2)39-13-6-4-5-8-21(39)18-42-33(29)37-31/h10-11,14-16,20-21,40H,3-9,12-13,17-18H2,1-2H3. The molecule has 2 atom stereocenters. The first-order valence-corrected chi connectivity index (χ1v) is 15.1. The van der Waals surface area contributed by atoms with Gasteiger partial charge in [0.1, 0.15) is 36.0 Å². The molecule has 0 amide bonds. The SMILES string of the molecule is CCc1c(F)ccc2cc(O)cc(-c3nc4c5c(cc(OCC6CCCN6C)nc5c3F)N3CCCCCC3CO4)c12. The molecule has 0 saturated carbocycles. The molecule has 0 aliphatic carbocycles. The van der Waals surface area contributed by atoms with Crippen molar-refractivity contribution in [2.45, 2.75) is 64.0 Å². The van der Waals surface area contributed by atoms with Gasteiger partial charge in [-0.25, -0.2) is 18.7 Å². The van der Waals surface area contributed by atoms with Crippen molar-refractivity contribution in [2.24, 2.45) is 0 Å². The Balaban J connectivity index is 1.46. The summed E-state index contributed by atoms with van der Waals surface area (Å²) in [6, 6.07) is 8.31. The number of hydrogen-bond donors (Lipinski definition) is 1. The monoisotopic (exact) mass is 574 g/mol.